The van der Waals surface area contributed by atoms with Crippen LogP contribution in [-0.2, 0) is 9.47 Å². The van der Waals surface area contributed by atoms with Crippen LogP contribution in [0.25, 0.3) is 0 Å². The molecule has 1 rings (SSSR count). The van der Waals surface area contributed by atoms with E-state index in [1.54, 1.807) is 6.92 Å². The Hall–Kier alpha value is -0.120. The molecule has 11 heavy (non-hydrogen) atoms. The van der Waals surface area contributed by atoms with Gasteiger partial charge in [0.05, 0.1) is 12.7 Å². The number of aliphatic hydroxyl groups is 1. The fraction of sp³-hybridized carbons (Fsp3) is 1.00. The fourth-order valence-electron chi connectivity index (χ4n) is 1.09. The summed E-state index contributed by atoms with van der Waals surface area (Å²) in [6, 6.07) is 0. The van der Waals surface area contributed by atoms with Crippen molar-refractivity contribution in [1.82, 2.24) is 0 Å². The Morgan fingerprint density at radius 1 is 1.64 bits per heavy atom. The molecule has 1 fully saturated rings. The average molecular weight is 160 g/mol. The van der Waals surface area contributed by atoms with Gasteiger partial charge in [0.1, 0.15) is 0 Å². The summed E-state index contributed by atoms with van der Waals surface area (Å²) in [6.45, 7) is 2.89. The number of hydrogen-bond donors (Lipinski definition) is 1. The lowest BCUT2D eigenvalue weighted by molar-refractivity contribution is -0.173. The number of aliphatic hydroxyl groups excluding tert-OH is 1. The average Bonchev–Trinajstić information content (AvgIpc) is 2.03. The van der Waals surface area contributed by atoms with E-state index in [1.165, 1.54) is 6.42 Å². The highest BCUT2D eigenvalue weighted by molar-refractivity contribution is 4.54. The second-order valence-electron chi connectivity index (χ2n) is 2.98. The van der Waals surface area contributed by atoms with Crippen molar-refractivity contribution >= 4 is 0 Å². The van der Waals surface area contributed by atoms with Gasteiger partial charge in [0.15, 0.2) is 6.29 Å². The lowest BCUT2D eigenvalue weighted by Gasteiger charge is -2.23. The van der Waals surface area contributed by atoms with E-state index in [0.717, 1.165) is 19.4 Å². The zero-order chi connectivity index (χ0) is 8.10. The van der Waals surface area contributed by atoms with Gasteiger partial charge in [0.2, 0.25) is 0 Å². The van der Waals surface area contributed by atoms with Gasteiger partial charge >= 0.3 is 0 Å². The SMILES string of the molecule is CC(O)CO[C@@H]1CCCCO1. The van der Waals surface area contributed by atoms with Crippen LogP contribution in [0.1, 0.15) is 26.2 Å². The molecule has 0 spiro atoms. The smallest absolute Gasteiger partial charge is 0.157 e. The van der Waals surface area contributed by atoms with Gasteiger partial charge in [0.25, 0.3) is 0 Å². The molecule has 1 heterocycles. The van der Waals surface area contributed by atoms with Crippen molar-refractivity contribution in [2.75, 3.05) is 13.2 Å². The summed E-state index contributed by atoms with van der Waals surface area (Å²) in [5.41, 5.74) is 0. The number of ether oxygens (including phenoxy) is 2. The minimum atomic E-state index is -0.388. The quantitative estimate of drug-likeness (QED) is 0.667. The van der Waals surface area contributed by atoms with Crippen LogP contribution in [0.3, 0.4) is 0 Å². The maximum absolute atomic E-state index is 8.90. The summed E-state index contributed by atoms with van der Waals surface area (Å²) in [5.74, 6) is 0. The van der Waals surface area contributed by atoms with E-state index in [0.29, 0.717) is 6.61 Å². The lowest BCUT2D eigenvalue weighted by Crippen LogP contribution is -2.25. The first kappa shape index (κ1) is 8.97. The monoisotopic (exact) mass is 160 g/mol. The topological polar surface area (TPSA) is 38.7 Å². The summed E-state index contributed by atoms with van der Waals surface area (Å²) in [4.78, 5) is 0. The highest BCUT2D eigenvalue weighted by Gasteiger charge is 2.14. The molecule has 0 aromatic rings. The minimum Gasteiger partial charge on any atom is -0.391 e. The van der Waals surface area contributed by atoms with E-state index in [2.05, 4.69) is 0 Å². The normalized spacial score (nSPS) is 28.4. The van der Waals surface area contributed by atoms with Crippen molar-refractivity contribution in [2.24, 2.45) is 0 Å². The van der Waals surface area contributed by atoms with Crippen LogP contribution < -0.4 is 0 Å². The molecular weight excluding hydrogens is 144 g/mol. The Morgan fingerprint density at radius 3 is 3.00 bits per heavy atom. The molecule has 1 aliphatic rings. The first-order chi connectivity index (χ1) is 5.29. The summed E-state index contributed by atoms with van der Waals surface area (Å²) < 4.78 is 10.6. The molecule has 0 aromatic heterocycles. The molecule has 0 saturated carbocycles. The Morgan fingerprint density at radius 2 is 2.45 bits per heavy atom. The number of rotatable bonds is 3. The van der Waals surface area contributed by atoms with E-state index in [1.807, 2.05) is 0 Å². The Balaban J connectivity index is 2.05. The first-order valence-electron chi connectivity index (χ1n) is 4.20. The van der Waals surface area contributed by atoms with Gasteiger partial charge in [-0.25, -0.2) is 0 Å². The van der Waals surface area contributed by atoms with Crippen LogP contribution in [-0.4, -0.2) is 30.7 Å². The standard InChI is InChI=1S/C8H16O3/c1-7(9)6-11-8-4-2-3-5-10-8/h7-9H,2-6H2,1H3/t7?,8-/m1/s1. The number of hydrogen-bond acceptors (Lipinski definition) is 3. The van der Waals surface area contributed by atoms with Crippen LogP contribution in [0.15, 0.2) is 0 Å². The van der Waals surface area contributed by atoms with Crippen LogP contribution in [0.5, 0.6) is 0 Å². The molecule has 0 aliphatic carbocycles. The van der Waals surface area contributed by atoms with E-state index >= 15 is 0 Å². The molecule has 1 aliphatic heterocycles. The highest BCUT2D eigenvalue weighted by Crippen LogP contribution is 2.13. The third-order valence-corrected chi connectivity index (χ3v) is 1.66. The van der Waals surface area contributed by atoms with Crippen molar-refractivity contribution < 1.29 is 14.6 Å². The molecule has 66 valence electrons. The van der Waals surface area contributed by atoms with Gasteiger partial charge in [-0.1, -0.05) is 0 Å². The Bertz CT molecular complexity index is 97.5. The second kappa shape index (κ2) is 4.70. The Labute approximate surface area is 67.3 Å². The predicted octanol–water partition coefficient (Wildman–Crippen LogP) is 0.910. The maximum atomic E-state index is 8.90. The highest BCUT2D eigenvalue weighted by atomic mass is 16.7. The van der Waals surface area contributed by atoms with Gasteiger partial charge in [-0.3, -0.25) is 0 Å². The molecular formula is C8H16O3. The summed E-state index contributed by atoms with van der Waals surface area (Å²) in [5, 5.41) is 8.90. The van der Waals surface area contributed by atoms with Crippen molar-refractivity contribution in [3.63, 3.8) is 0 Å². The largest absolute Gasteiger partial charge is 0.391 e. The lowest BCUT2D eigenvalue weighted by atomic mass is 10.2. The van der Waals surface area contributed by atoms with Crippen molar-refractivity contribution in [3.05, 3.63) is 0 Å². The molecule has 0 bridgehead atoms. The van der Waals surface area contributed by atoms with Gasteiger partial charge in [-0.05, 0) is 26.2 Å². The predicted molar refractivity (Wildman–Crippen MR) is 41.2 cm³/mol. The van der Waals surface area contributed by atoms with E-state index in [9.17, 15) is 0 Å². The fourth-order valence-corrected chi connectivity index (χ4v) is 1.09. The van der Waals surface area contributed by atoms with Crippen LogP contribution >= 0.6 is 0 Å². The third-order valence-electron chi connectivity index (χ3n) is 1.66. The summed E-state index contributed by atoms with van der Waals surface area (Å²) >= 11 is 0. The molecule has 2 atom stereocenters. The molecule has 1 saturated heterocycles. The molecule has 0 radical (unpaired) electrons. The molecule has 0 aromatic carbocycles. The van der Waals surface area contributed by atoms with Gasteiger partial charge < -0.3 is 14.6 Å². The van der Waals surface area contributed by atoms with E-state index < -0.39 is 0 Å². The molecule has 1 N–H and O–H groups in total. The van der Waals surface area contributed by atoms with Gasteiger partial charge in [-0.15, -0.1) is 0 Å². The second-order valence-corrected chi connectivity index (χ2v) is 2.98. The van der Waals surface area contributed by atoms with Crippen LogP contribution in [0.2, 0.25) is 0 Å². The van der Waals surface area contributed by atoms with E-state index in [-0.39, 0.29) is 12.4 Å². The summed E-state index contributed by atoms with van der Waals surface area (Å²) in [6.07, 6.45) is 2.81. The van der Waals surface area contributed by atoms with Crippen molar-refractivity contribution in [1.29, 1.82) is 0 Å². The first-order valence-corrected chi connectivity index (χ1v) is 4.20. The van der Waals surface area contributed by atoms with Crippen molar-refractivity contribution in [2.45, 2.75) is 38.6 Å². The molecule has 0 amide bonds. The van der Waals surface area contributed by atoms with Crippen LogP contribution in [0.4, 0.5) is 0 Å². The molecule has 3 nitrogen and oxygen atoms in total. The Kier molecular flexibility index (Phi) is 3.83. The van der Waals surface area contributed by atoms with Gasteiger partial charge in [-0.2, -0.15) is 0 Å². The molecule has 1 unspecified atom stereocenters. The minimum absolute atomic E-state index is 0.0710. The zero-order valence-corrected chi connectivity index (χ0v) is 6.95. The molecule has 3 heteroatoms. The van der Waals surface area contributed by atoms with Gasteiger partial charge in [0, 0.05) is 6.61 Å². The van der Waals surface area contributed by atoms with Crippen molar-refractivity contribution in [3.8, 4) is 0 Å². The third kappa shape index (κ3) is 3.70. The van der Waals surface area contributed by atoms with E-state index in [4.69, 9.17) is 14.6 Å². The maximum Gasteiger partial charge on any atom is 0.157 e. The zero-order valence-electron chi connectivity index (χ0n) is 6.95. The summed E-state index contributed by atoms with van der Waals surface area (Å²) in [7, 11) is 0. The van der Waals surface area contributed by atoms with Crippen LogP contribution in [0, 0.1) is 0 Å².